The average Bonchev–Trinajstić information content (AvgIpc) is 3.56. The quantitative estimate of drug-likeness (QED) is 0.190. The summed E-state index contributed by atoms with van der Waals surface area (Å²) >= 11 is -5.52. The van der Waals surface area contributed by atoms with Crippen LogP contribution in [0.1, 0.15) is 158 Å². The minimum absolute atomic E-state index is 0.377. The Kier molecular flexibility index (Phi) is 7.96. The Hall–Kier alpha value is -1.77. The van der Waals surface area contributed by atoms with Gasteiger partial charge < -0.3 is 0 Å². The molecule has 0 saturated carbocycles. The Labute approximate surface area is 272 Å². The van der Waals surface area contributed by atoms with Crippen LogP contribution in [0.25, 0.3) is 12.2 Å². The van der Waals surface area contributed by atoms with Gasteiger partial charge in [0.25, 0.3) is 0 Å². The molecule has 242 valence electrons. The number of rotatable bonds is 9. The van der Waals surface area contributed by atoms with Crippen LogP contribution in [0.5, 0.6) is 0 Å². The fraction of sp³-hybridized carbons (Fsp3) is 0.488. The summed E-state index contributed by atoms with van der Waals surface area (Å²) in [6.45, 7) is 26.4. The fourth-order valence-corrected chi connectivity index (χ4v) is 57.6. The van der Waals surface area contributed by atoms with E-state index in [1.165, 1.54) is 33.4 Å². The average molecular weight is 786 g/mol. The van der Waals surface area contributed by atoms with Gasteiger partial charge in [-0.1, -0.05) is 0 Å². The SMILES string of the molecule is CCC1=Cc2c(C(C)C)cc(C(C)C)cc2[CH]1[Hf]([CH3])([CH3])([CH3])(=[SiH2])([c]1ccccc1)[CH]1C(CC)=Cc2c(C(C)C)cc(C(C)C)cc21. The molecule has 0 fully saturated rings. The maximum atomic E-state index is 2.89. The first-order valence-corrected chi connectivity index (χ1v) is 43.2. The summed E-state index contributed by atoms with van der Waals surface area (Å²) in [5.74, 6) is 1.96. The summed E-state index contributed by atoms with van der Waals surface area (Å²) in [5, 5.41) is 0. The van der Waals surface area contributed by atoms with Crippen LogP contribution in [-0.4, -0.2) is 6.94 Å². The Morgan fingerprint density at radius 2 is 0.956 bits per heavy atom. The second-order valence-corrected chi connectivity index (χ2v) is 96.2. The first-order chi connectivity index (χ1) is 20.7. The van der Waals surface area contributed by atoms with Crippen molar-refractivity contribution >= 4 is 22.4 Å². The van der Waals surface area contributed by atoms with Gasteiger partial charge in [0.1, 0.15) is 0 Å². The molecule has 2 unspecified atom stereocenters. The third kappa shape index (κ3) is 4.89. The molecule has 0 heterocycles. The second kappa shape index (κ2) is 10.4. The minimum atomic E-state index is -5.52. The van der Waals surface area contributed by atoms with Gasteiger partial charge in [-0.2, -0.15) is 0 Å². The van der Waals surface area contributed by atoms with E-state index in [1.807, 2.05) is 0 Å². The van der Waals surface area contributed by atoms with Gasteiger partial charge in [-0.05, 0) is 0 Å². The molecule has 0 saturated heterocycles. The summed E-state index contributed by atoms with van der Waals surface area (Å²) in [6.07, 6.45) is 7.49. The Morgan fingerprint density at radius 3 is 1.27 bits per heavy atom. The van der Waals surface area contributed by atoms with Crippen LogP contribution in [0.4, 0.5) is 0 Å². The molecule has 45 heavy (non-hydrogen) atoms. The van der Waals surface area contributed by atoms with Crippen molar-refractivity contribution in [2.45, 2.75) is 127 Å². The first-order valence-electron chi connectivity index (χ1n) is 18.1. The topological polar surface area (TPSA) is 0 Å². The van der Waals surface area contributed by atoms with Gasteiger partial charge in [-0.3, -0.25) is 0 Å². The third-order valence-corrected chi connectivity index (χ3v) is 58.9. The molecule has 0 N–H and O–H groups in total. The van der Waals surface area contributed by atoms with E-state index in [4.69, 9.17) is 0 Å². The number of benzene rings is 3. The molecule has 0 bridgehead atoms. The van der Waals surface area contributed by atoms with Crippen LogP contribution >= 0.6 is 0 Å². The predicted octanol–water partition coefficient (Wildman–Crippen LogP) is 12.4. The van der Waals surface area contributed by atoms with Gasteiger partial charge >= 0.3 is 274 Å². The third-order valence-electron chi connectivity index (χ3n) is 12.9. The van der Waals surface area contributed by atoms with E-state index in [1.54, 1.807) is 25.6 Å². The van der Waals surface area contributed by atoms with Crippen LogP contribution in [0.15, 0.2) is 65.7 Å². The first kappa shape index (κ1) is 34.6. The van der Waals surface area contributed by atoms with Crippen molar-refractivity contribution in [3.05, 3.63) is 110 Å². The number of hydrogen-bond acceptors (Lipinski definition) is 0. The standard InChI is InChI=1S/2C17H23.C6H5.3CH3.Hf.H2Si/c2*1-6-13-7-15-9-14(11(2)3)10-16(12(4)5)17(15)8-13;1-2-4-6-5-3-1;;;;;/h2*7-12H,6H2,1-5H3;1-5H;3*1H3;;1H2. The van der Waals surface area contributed by atoms with Crippen LogP contribution in [0.2, 0.25) is 14.0 Å². The maximum absolute atomic E-state index is 5.52. The summed E-state index contributed by atoms with van der Waals surface area (Å²) in [6, 6.07) is 22.4. The van der Waals surface area contributed by atoms with E-state index >= 15 is 0 Å². The van der Waals surface area contributed by atoms with Crippen molar-refractivity contribution < 1.29 is 14.2 Å². The van der Waals surface area contributed by atoms with E-state index in [2.05, 4.69) is 157 Å². The summed E-state index contributed by atoms with van der Waals surface area (Å²) < 4.78 is 11.0. The van der Waals surface area contributed by atoms with Gasteiger partial charge in [0.2, 0.25) is 0 Å². The molecule has 0 nitrogen and oxygen atoms in total. The van der Waals surface area contributed by atoms with E-state index in [0.29, 0.717) is 31.0 Å². The van der Waals surface area contributed by atoms with E-state index < -0.39 is 14.2 Å². The zero-order valence-corrected chi connectivity index (χ0v) is 35.9. The molecule has 0 radical (unpaired) electrons. The van der Waals surface area contributed by atoms with E-state index in [0.717, 1.165) is 12.8 Å². The molecule has 2 atom stereocenters. The molecule has 3 aromatic carbocycles. The van der Waals surface area contributed by atoms with Crippen molar-refractivity contribution in [3.8, 4) is 0 Å². The molecule has 0 aromatic heterocycles. The Morgan fingerprint density at radius 1 is 0.578 bits per heavy atom. The molecular weight excluding hydrogens is 723 g/mol. The van der Waals surface area contributed by atoms with Crippen molar-refractivity contribution in [3.63, 3.8) is 0 Å². The van der Waals surface area contributed by atoms with Gasteiger partial charge in [-0.15, -0.1) is 0 Å². The molecule has 2 aliphatic rings. The summed E-state index contributed by atoms with van der Waals surface area (Å²) in [4.78, 5) is 0. The number of fused-ring (bicyclic) bond motifs is 2. The molecular formula is C43H62HfSi. The van der Waals surface area contributed by atoms with Gasteiger partial charge in [0.15, 0.2) is 0 Å². The molecule has 2 aliphatic carbocycles. The molecule has 0 amide bonds. The van der Waals surface area contributed by atoms with Crippen LogP contribution in [0, 0.1) is 0 Å². The molecule has 0 aliphatic heterocycles. The fourth-order valence-electron chi connectivity index (χ4n) is 10.4. The molecule has 3 aromatic rings. The monoisotopic (exact) mass is 786 g/mol. The van der Waals surface area contributed by atoms with Crippen molar-refractivity contribution in [1.82, 2.24) is 0 Å². The number of hydrogen-bond donors (Lipinski definition) is 0. The van der Waals surface area contributed by atoms with E-state index in [-0.39, 0.29) is 0 Å². The zero-order valence-electron chi connectivity index (χ0n) is 30.9. The van der Waals surface area contributed by atoms with Crippen LogP contribution in [0.3, 0.4) is 0 Å². The second-order valence-electron chi connectivity index (χ2n) is 19.3. The Bertz CT molecular complexity index is 1750. The van der Waals surface area contributed by atoms with Gasteiger partial charge in [0, 0.05) is 0 Å². The van der Waals surface area contributed by atoms with Gasteiger partial charge in [-0.25, -0.2) is 0 Å². The summed E-state index contributed by atoms with van der Waals surface area (Å²) in [5.41, 5.74) is 15.6. The normalized spacial score (nSPS) is 20.5. The predicted molar refractivity (Wildman–Crippen MR) is 203 cm³/mol. The molecule has 5 rings (SSSR count). The van der Waals surface area contributed by atoms with Crippen LogP contribution in [-0.2, 0) is 14.2 Å². The van der Waals surface area contributed by atoms with Crippen molar-refractivity contribution in [2.75, 3.05) is 0 Å². The molecule has 0 spiro atoms. The van der Waals surface area contributed by atoms with Gasteiger partial charge in [0.05, 0.1) is 0 Å². The number of allylic oxidation sites excluding steroid dienone is 2. The van der Waals surface area contributed by atoms with Crippen molar-refractivity contribution in [2.24, 2.45) is 0 Å². The molecule has 2 heteroatoms. The van der Waals surface area contributed by atoms with Crippen LogP contribution < -0.4 is 3.32 Å². The summed E-state index contributed by atoms with van der Waals surface area (Å²) in [7, 11) is 0. The Balaban J connectivity index is 2.05. The zero-order chi connectivity index (χ0) is 33.4. The van der Waals surface area contributed by atoms with E-state index in [9.17, 15) is 0 Å². The van der Waals surface area contributed by atoms with Crippen molar-refractivity contribution in [1.29, 1.82) is 0 Å².